The number of nitrogens with one attached hydrogen (secondary N) is 1. The van der Waals surface area contributed by atoms with Gasteiger partial charge in [0.2, 0.25) is 5.91 Å². The second-order valence-electron chi connectivity index (χ2n) is 7.39. The quantitative estimate of drug-likeness (QED) is 0.871. The van der Waals surface area contributed by atoms with Crippen LogP contribution in [0.15, 0.2) is 60.7 Å². The Bertz CT molecular complexity index is 707. The number of rotatable bonds is 6. The summed E-state index contributed by atoms with van der Waals surface area (Å²) < 4.78 is 0. The Morgan fingerprint density at radius 3 is 2.15 bits per heavy atom. The zero-order valence-electron chi connectivity index (χ0n) is 15.2. The standard InChI is InChI=1S/C22H27N3O/c26-22(23-20-11-12-20)21(19-9-5-2-6-10-19)25-15-13-24(14-16-25)17-18-7-3-1-4-8-18/h1-10,20-21H,11-17H2,(H,23,26)/t21-/m1/s1. The van der Waals surface area contributed by atoms with E-state index in [0.29, 0.717) is 6.04 Å². The van der Waals surface area contributed by atoms with E-state index >= 15 is 0 Å². The third-order valence-electron chi connectivity index (χ3n) is 5.31. The Hall–Kier alpha value is -2.17. The molecule has 2 fully saturated rings. The van der Waals surface area contributed by atoms with E-state index in [0.717, 1.165) is 51.1 Å². The Kier molecular flexibility index (Phi) is 5.32. The lowest BCUT2D eigenvalue weighted by atomic mass is 10.0. The third kappa shape index (κ3) is 4.32. The van der Waals surface area contributed by atoms with Crippen LogP contribution in [0.3, 0.4) is 0 Å². The normalized spacial score (nSPS) is 19.8. The van der Waals surface area contributed by atoms with E-state index in [1.54, 1.807) is 0 Å². The van der Waals surface area contributed by atoms with E-state index in [9.17, 15) is 4.79 Å². The molecule has 0 aromatic heterocycles. The van der Waals surface area contributed by atoms with Crippen LogP contribution in [0.1, 0.15) is 30.0 Å². The fourth-order valence-corrected chi connectivity index (χ4v) is 3.69. The van der Waals surface area contributed by atoms with Gasteiger partial charge in [-0.3, -0.25) is 14.6 Å². The molecular formula is C22H27N3O. The molecule has 1 heterocycles. The lowest BCUT2D eigenvalue weighted by molar-refractivity contribution is -0.127. The van der Waals surface area contributed by atoms with Crippen LogP contribution in [0.2, 0.25) is 0 Å². The molecule has 0 bridgehead atoms. The van der Waals surface area contributed by atoms with Gasteiger partial charge in [-0.2, -0.15) is 0 Å². The predicted octanol–water partition coefficient (Wildman–Crippen LogP) is 2.82. The molecule has 1 atom stereocenters. The summed E-state index contributed by atoms with van der Waals surface area (Å²) in [7, 11) is 0. The number of carbonyl (C=O) groups excluding carboxylic acids is 1. The fraction of sp³-hybridized carbons (Fsp3) is 0.409. The smallest absolute Gasteiger partial charge is 0.242 e. The predicted molar refractivity (Wildman–Crippen MR) is 104 cm³/mol. The van der Waals surface area contributed by atoms with Crippen molar-refractivity contribution >= 4 is 5.91 Å². The second-order valence-corrected chi connectivity index (χ2v) is 7.39. The molecule has 26 heavy (non-hydrogen) atoms. The topological polar surface area (TPSA) is 35.6 Å². The van der Waals surface area contributed by atoms with Gasteiger partial charge in [0.25, 0.3) is 0 Å². The SMILES string of the molecule is O=C(NC1CC1)[C@@H](c1ccccc1)N1CCN(Cc2ccccc2)CC1. The first-order chi connectivity index (χ1) is 12.8. The van der Waals surface area contributed by atoms with Gasteiger partial charge in [0.1, 0.15) is 6.04 Å². The summed E-state index contributed by atoms with van der Waals surface area (Å²) in [5.74, 6) is 0.162. The van der Waals surface area contributed by atoms with Gasteiger partial charge in [-0.1, -0.05) is 60.7 Å². The third-order valence-corrected chi connectivity index (χ3v) is 5.31. The molecule has 0 radical (unpaired) electrons. The number of carbonyl (C=O) groups is 1. The van der Waals surface area contributed by atoms with Crippen LogP contribution in [0.5, 0.6) is 0 Å². The van der Waals surface area contributed by atoms with E-state index in [2.05, 4.69) is 57.6 Å². The maximum Gasteiger partial charge on any atom is 0.242 e. The van der Waals surface area contributed by atoms with Crippen LogP contribution < -0.4 is 5.32 Å². The van der Waals surface area contributed by atoms with Gasteiger partial charge < -0.3 is 5.32 Å². The molecule has 136 valence electrons. The fourth-order valence-electron chi connectivity index (χ4n) is 3.69. The average molecular weight is 349 g/mol. The number of piperazine rings is 1. The summed E-state index contributed by atoms with van der Waals surface area (Å²) in [5.41, 5.74) is 2.45. The highest BCUT2D eigenvalue weighted by Gasteiger charge is 2.33. The van der Waals surface area contributed by atoms with E-state index in [1.807, 2.05) is 18.2 Å². The van der Waals surface area contributed by atoms with Crippen molar-refractivity contribution in [1.82, 2.24) is 15.1 Å². The number of hydrogen-bond donors (Lipinski definition) is 1. The van der Waals surface area contributed by atoms with Crippen molar-refractivity contribution in [2.75, 3.05) is 26.2 Å². The van der Waals surface area contributed by atoms with Gasteiger partial charge in [0.05, 0.1) is 0 Å². The molecule has 4 rings (SSSR count). The van der Waals surface area contributed by atoms with Crippen molar-refractivity contribution < 1.29 is 4.79 Å². The molecule has 1 saturated heterocycles. The minimum Gasteiger partial charge on any atom is -0.352 e. The zero-order valence-corrected chi connectivity index (χ0v) is 15.2. The number of benzene rings is 2. The molecule has 4 heteroatoms. The van der Waals surface area contributed by atoms with Crippen LogP contribution in [0.4, 0.5) is 0 Å². The molecule has 1 amide bonds. The minimum atomic E-state index is -0.171. The minimum absolute atomic E-state index is 0.162. The Labute approximate surface area is 155 Å². The average Bonchev–Trinajstić information content (AvgIpc) is 3.49. The first-order valence-corrected chi connectivity index (χ1v) is 9.65. The first-order valence-electron chi connectivity index (χ1n) is 9.65. The van der Waals surface area contributed by atoms with E-state index < -0.39 is 0 Å². The van der Waals surface area contributed by atoms with Gasteiger partial charge in [-0.15, -0.1) is 0 Å². The van der Waals surface area contributed by atoms with Gasteiger partial charge >= 0.3 is 0 Å². The van der Waals surface area contributed by atoms with Crippen LogP contribution in [0.25, 0.3) is 0 Å². The van der Waals surface area contributed by atoms with Gasteiger partial charge in [0, 0.05) is 38.8 Å². The summed E-state index contributed by atoms with van der Waals surface area (Å²) in [6.07, 6.45) is 2.25. The highest BCUT2D eigenvalue weighted by atomic mass is 16.2. The molecule has 2 aromatic carbocycles. The highest BCUT2D eigenvalue weighted by molar-refractivity contribution is 5.83. The Morgan fingerprint density at radius 2 is 1.54 bits per heavy atom. The molecule has 2 aromatic rings. The van der Waals surface area contributed by atoms with Crippen molar-refractivity contribution in [3.8, 4) is 0 Å². The van der Waals surface area contributed by atoms with Crippen molar-refractivity contribution in [3.63, 3.8) is 0 Å². The van der Waals surface area contributed by atoms with E-state index in [-0.39, 0.29) is 11.9 Å². The first kappa shape index (κ1) is 17.3. The van der Waals surface area contributed by atoms with Gasteiger partial charge in [-0.25, -0.2) is 0 Å². The highest BCUT2D eigenvalue weighted by Crippen LogP contribution is 2.26. The van der Waals surface area contributed by atoms with Gasteiger partial charge in [-0.05, 0) is 24.0 Å². The lowest BCUT2D eigenvalue weighted by Gasteiger charge is -2.38. The Morgan fingerprint density at radius 1 is 0.923 bits per heavy atom. The van der Waals surface area contributed by atoms with Crippen LogP contribution in [-0.2, 0) is 11.3 Å². The number of amides is 1. The number of hydrogen-bond acceptors (Lipinski definition) is 3. The molecule has 0 spiro atoms. The molecule has 1 N–H and O–H groups in total. The van der Waals surface area contributed by atoms with Crippen molar-refractivity contribution in [1.29, 1.82) is 0 Å². The second kappa shape index (κ2) is 8.02. The van der Waals surface area contributed by atoms with E-state index in [1.165, 1.54) is 5.56 Å². The summed E-state index contributed by atoms with van der Waals surface area (Å²) in [4.78, 5) is 17.7. The maximum absolute atomic E-state index is 12.9. The van der Waals surface area contributed by atoms with Crippen molar-refractivity contribution in [2.45, 2.75) is 31.5 Å². The molecule has 1 aliphatic heterocycles. The van der Waals surface area contributed by atoms with E-state index in [4.69, 9.17) is 0 Å². The molecule has 4 nitrogen and oxygen atoms in total. The summed E-state index contributed by atoms with van der Waals surface area (Å²) >= 11 is 0. The van der Waals surface area contributed by atoms with Crippen molar-refractivity contribution in [3.05, 3.63) is 71.8 Å². The monoisotopic (exact) mass is 349 g/mol. The number of nitrogens with zero attached hydrogens (tertiary/aromatic N) is 2. The van der Waals surface area contributed by atoms with Crippen LogP contribution >= 0.6 is 0 Å². The van der Waals surface area contributed by atoms with Crippen LogP contribution in [0, 0.1) is 0 Å². The van der Waals surface area contributed by atoms with Crippen LogP contribution in [-0.4, -0.2) is 47.9 Å². The molecule has 0 unspecified atom stereocenters. The summed E-state index contributed by atoms with van der Waals surface area (Å²) in [6.45, 7) is 4.82. The molecular weight excluding hydrogens is 322 g/mol. The largest absolute Gasteiger partial charge is 0.352 e. The zero-order chi connectivity index (χ0) is 17.8. The van der Waals surface area contributed by atoms with Crippen molar-refractivity contribution in [2.24, 2.45) is 0 Å². The lowest BCUT2D eigenvalue weighted by Crippen LogP contribution is -2.50. The molecule has 2 aliphatic rings. The molecule has 1 saturated carbocycles. The summed E-state index contributed by atoms with van der Waals surface area (Å²) in [6, 6.07) is 21.1. The maximum atomic E-state index is 12.9. The Balaban J connectivity index is 1.41. The molecule has 1 aliphatic carbocycles. The summed E-state index contributed by atoms with van der Waals surface area (Å²) in [5, 5.41) is 3.21. The van der Waals surface area contributed by atoms with Gasteiger partial charge in [0.15, 0.2) is 0 Å².